The van der Waals surface area contributed by atoms with E-state index in [9.17, 15) is 19.8 Å². The van der Waals surface area contributed by atoms with Crippen molar-refractivity contribution < 1.29 is 30.0 Å². The number of rotatable bonds is 4. The Labute approximate surface area is 186 Å². The van der Waals surface area contributed by atoms with E-state index in [1.165, 1.54) is 31.4 Å². The van der Waals surface area contributed by atoms with E-state index in [1.807, 2.05) is 36.4 Å². The molecule has 32 heavy (non-hydrogen) atoms. The molecule has 1 aliphatic carbocycles. The molecule has 4 N–H and O–H groups in total. The lowest BCUT2D eigenvalue weighted by Crippen LogP contribution is -2.07. The summed E-state index contributed by atoms with van der Waals surface area (Å²) in [4.78, 5) is 21.7. The first-order valence-corrected chi connectivity index (χ1v) is 10.6. The van der Waals surface area contributed by atoms with Gasteiger partial charge in [0.1, 0.15) is 22.6 Å². The lowest BCUT2D eigenvalue weighted by molar-refractivity contribution is 0.0682. The highest BCUT2D eigenvalue weighted by molar-refractivity contribution is 5.94. The zero-order chi connectivity index (χ0) is 23.1. The zero-order valence-corrected chi connectivity index (χ0v) is 17.6. The van der Waals surface area contributed by atoms with Gasteiger partial charge >= 0.3 is 11.9 Å². The van der Waals surface area contributed by atoms with E-state index < -0.39 is 11.9 Å². The monoisotopic (exact) mass is 434 g/mol. The van der Waals surface area contributed by atoms with E-state index in [-0.39, 0.29) is 22.6 Å². The number of carbonyl (C=O) groups is 2. The normalized spacial score (nSPS) is 13.6. The molecule has 4 rings (SSSR count). The molecular weight excluding hydrogens is 408 g/mol. The smallest absolute Gasteiger partial charge is 0.339 e. The maximum absolute atomic E-state index is 10.9. The van der Waals surface area contributed by atoms with E-state index in [0.717, 1.165) is 24.0 Å². The van der Waals surface area contributed by atoms with Crippen molar-refractivity contribution in [3.05, 3.63) is 83.4 Å². The molecule has 1 saturated carbocycles. The first kappa shape index (κ1) is 22.9. The first-order chi connectivity index (χ1) is 15.4. The highest BCUT2D eigenvalue weighted by Gasteiger charge is 2.21. The average Bonchev–Trinajstić information content (AvgIpc) is 2.80. The molecule has 0 aliphatic heterocycles. The minimum Gasteiger partial charge on any atom is -0.507 e. The Morgan fingerprint density at radius 1 is 0.656 bits per heavy atom. The highest BCUT2D eigenvalue weighted by atomic mass is 16.4. The van der Waals surface area contributed by atoms with Gasteiger partial charge in [-0.25, -0.2) is 9.59 Å². The van der Waals surface area contributed by atoms with E-state index in [1.54, 1.807) is 18.2 Å². The summed E-state index contributed by atoms with van der Waals surface area (Å²) < 4.78 is 0. The predicted octanol–water partition coefficient (Wildman–Crippen LogP) is 5.90. The molecule has 0 amide bonds. The van der Waals surface area contributed by atoms with Gasteiger partial charge in [-0.2, -0.15) is 0 Å². The summed E-state index contributed by atoms with van der Waals surface area (Å²) in [6.45, 7) is 0. The molecule has 3 aromatic rings. The van der Waals surface area contributed by atoms with Crippen molar-refractivity contribution >= 4 is 11.9 Å². The van der Waals surface area contributed by atoms with Crippen molar-refractivity contribution in [2.24, 2.45) is 0 Å². The van der Waals surface area contributed by atoms with Crippen LogP contribution in [0.2, 0.25) is 0 Å². The Hall–Kier alpha value is -3.80. The Morgan fingerprint density at radius 3 is 1.81 bits per heavy atom. The third-order valence-corrected chi connectivity index (χ3v) is 5.69. The minimum absolute atomic E-state index is 0.0167. The molecule has 166 valence electrons. The molecule has 3 aromatic carbocycles. The van der Waals surface area contributed by atoms with Gasteiger partial charge in [-0.05, 0) is 42.0 Å². The molecule has 6 heteroatoms. The first-order valence-electron chi connectivity index (χ1n) is 10.6. The molecule has 0 spiro atoms. The van der Waals surface area contributed by atoms with Gasteiger partial charge in [-0.3, -0.25) is 0 Å². The molecule has 0 aromatic heterocycles. The number of carboxylic acid groups (broad SMARTS) is 2. The van der Waals surface area contributed by atoms with E-state index >= 15 is 0 Å². The third kappa shape index (κ3) is 5.27. The summed E-state index contributed by atoms with van der Waals surface area (Å²) in [6, 6.07) is 18.9. The molecule has 0 bridgehead atoms. The largest absolute Gasteiger partial charge is 0.507 e. The molecule has 6 nitrogen and oxygen atoms in total. The molecule has 0 saturated heterocycles. The standard InChI is InChI=1S/C13H16O3.C13H10O3/c2*14-12-10(9-5-2-1-3-6-9)7-4-8-11(12)13(15)16/h4,7-9,14H,1-3,5-6H2,(H,15,16);1-8,14H,(H,15,16). The van der Waals surface area contributed by atoms with Gasteiger partial charge in [0.15, 0.2) is 0 Å². The maximum Gasteiger partial charge on any atom is 0.339 e. The number of aromatic hydroxyl groups is 2. The van der Waals surface area contributed by atoms with Gasteiger partial charge in [0.25, 0.3) is 0 Å². The summed E-state index contributed by atoms with van der Waals surface area (Å²) in [7, 11) is 0. The zero-order valence-electron chi connectivity index (χ0n) is 17.6. The van der Waals surface area contributed by atoms with Gasteiger partial charge in [0, 0.05) is 5.56 Å². The second kappa shape index (κ2) is 10.5. The molecule has 1 fully saturated rings. The lowest BCUT2D eigenvalue weighted by Gasteiger charge is -2.23. The lowest BCUT2D eigenvalue weighted by atomic mass is 9.83. The quantitative estimate of drug-likeness (QED) is 0.407. The van der Waals surface area contributed by atoms with Crippen LogP contribution in [0.3, 0.4) is 0 Å². The SMILES string of the molecule is O=C(O)c1cccc(-c2ccccc2)c1O.O=C(O)c1cccc(C2CCCCC2)c1O. The average molecular weight is 434 g/mol. The number of carboxylic acids is 2. The molecule has 0 atom stereocenters. The van der Waals surface area contributed by atoms with Crippen LogP contribution >= 0.6 is 0 Å². The Balaban J connectivity index is 0.000000181. The fourth-order valence-electron chi connectivity index (χ4n) is 4.04. The number of phenols is 2. The maximum atomic E-state index is 10.9. The van der Waals surface area contributed by atoms with Gasteiger partial charge in [-0.15, -0.1) is 0 Å². The number of hydrogen-bond acceptors (Lipinski definition) is 4. The van der Waals surface area contributed by atoms with Crippen LogP contribution in [0.15, 0.2) is 66.7 Å². The van der Waals surface area contributed by atoms with Crippen LogP contribution in [0.25, 0.3) is 11.1 Å². The Kier molecular flexibility index (Phi) is 7.49. The summed E-state index contributed by atoms with van der Waals surface area (Å²) in [6.07, 6.45) is 5.69. The molecule has 1 aliphatic rings. The van der Waals surface area contributed by atoms with Crippen molar-refractivity contribution in [3.63, 3.8) is 0 Å². The van der Waals surface area contributed by atoms with Gasteiger partial charge in [-0.1, -0.05) is 73.9 Å². The number of para-hydroxylation sites is 2. The topological polar surface area (TPSA) is 115 Å². The highest BCUT2D eigenvalue weighted by Crippen LogP contribution is 2.38. The van der Waals surface area contributed by atoms with Crippen molar-refractivity contribution in [3.8, 4) is 22.6 Å². The van der Waals surface area contributed by atoms with Crippen LogP contribution in [0.5, 0.6) is 11.5 Å². The van der Waals surface area contributed by atoms with Crippen LogP contribution in [-0.4, -0.2) is 32.4 Å². The fourth-order valence-corrected chi connectivity index (χ4v) is 4.04. The van der Waals surface area contributed by atoms with Crippen molar-refractivity contribution in [1.29, 1.82) is 0 Å². The van der Waals surface area contributed by atoms with Crippen LogP contribution < -0.4 is 0 Å². The summed E-state index contributed by atoms with van der Waals surface area (Å²) in [5, 5.41) is 37.6. The van der Waals surface area contributed by atoms with Crippen molar-refractivity contribution in [2.45, 2.75) is 38.0 Å². The Bertz CT molecular complexity index is 1080. The number of aromatic carboxylic acids is 2. The van der Waals surface area contributed by atoms with E-state index in [0.29, 0.717) is 11.5 Å². The molecule has 0 unspecified atom stereocenters. The predicted molar refractivity (Wildman–Crippen MR) is 121 cm³/mol. The second-order valence-corrected chi connectivity index (χ2v) is 7.76. The van der Waals surface area contributed by atoms with Crippen LogP contribution in [0.4, 0.5) is 0 Å². The van der Waals surface area contributed by atoms with Crippen LogP contribution in [0.1, 0.15) is 64.3 Å². The van der Waals surface area contributed by atoms with E-state index in [2.05, 4.69) is 0 Å². The van der Waals surface area contributed by atoms with Gasteiger partial charge < -0.3 is 20.4 Å². The molecule has 0 radical (unpaired) electrons. The summed E-state index contributed by atoms with van der Waals surface area (Å²) >= 11 is 0. The summed E-state index contributed by atoms with van der Waals surface area (Å²) in [5.74, 6) is -2.10. The van der Waals surface area contributed by atoms with Gasteiger partial charge in [0.05, 0.1) is 0 Å². The Morgan fingerprint density at radius 2 is 1.22 bits per heavy atom. The molecule has 0 heterocycles. The second-order valence-electron chi connectivity index (χ2n) is 7.76. The molecular formula is C26H26O6. The third-order valence-electron chi connectivity index (χ3n) is 5.69. The van der Waals surface area contributed by atoms with Crippen molar-refractivity contribution in [1.82, 2.24) is 0 Å². The van der Waals surface area contributed by atoms with Crippen molar-refractivity contribution in [2.75, 3.05) is 0 Å². The fraction of sp³-hybridized carbons (Fsp3) is 0.231. The van der Waals surface area contributed by atoms with Crippen LogP contribution in [-0.2, 0) is 0 Å². The number of hydrogen-bond donors (Lipinski definition) is 4. The van der Waals surface area contributed by atoms with E-state index in [4.69, 9.17) is 10.2 Å². The summed E-state index contributed by atoms with van der Waals surface area (Å²) in [5.41, 5.74) is 2.06. The number of benzene rings is 3. The van der Waals surface area contributed by atoms with Crippen LogP contribution in [0, 0.1) is 0 Å². The van der Waals surface area contributed by atoms with Gasteiger partial charge in [0.2, 0.25) is 0 Å². The minimum atomic E-state index is -1.13.